The summed E-state index contributed by atoms with van der Waals surface area (Å²) >= 11 is 0. The molecule has 0 fully saturated rings. The number of rotatable bonds is 4. The third-order valence-electron chi connectivity index (χ3n) is 2.13. The molecule has 4 heteroatoms. The topological polar surface area (TPSA) is 46.3 Å². The van der Waals surface area contributed by atoms with Crippen LogP contribution in [0.15, 0.2) is 24.3 Å². The number of hydrogen-bond donors (Lipinski definition) is 1. The van der Waals surface area contributed by atoms with E-state index in [1.54, 1.807) is 17.0 Å². The molecule has 1 aromatic rings. The van der Waals surface area contributed by atoms with Gasteiger partial charge in [0, 0.05) is 26.6 Å². The molecule has 1 amide bonds. The summed E-state index contributed by atoms with van der Waals surface area (Å²) in [6.45, 7) is 2.93. The molecular formula is C11H15FN2O. The molecular weight excluding hydrogens is 195 g/mol. The van der Waals surface area contributed by atoms with Crippen molar-refractivity contribution in [2.24, 2.45) is 5.73 Å². The lowest BCUT2D eigenvalue weighted by molar-refractivity contribution is -0.129. The first-order valence-electron chi connectivity index (χ1n) is 4.83. The lowest BCUT2D eigenvalue weighted by Crippen LogP contribution is -2.33. The first kappa shape index (κ1) is 11.7. The van der Waals surface area contributed by atoms with E-state index in [1.807, 2.05) is 0 Å². The first-order chi connectivity index (χ1) is 7.13. The Morgan fingerprint density at radius 1 is 1.40 bits per heavy atom. The first-order valence-corrected chi connectivity index (χ1v) is 4.83. The second-order valence-electron chi connectivity index (χ2n) is 3.36. The highest BCUT2D eigenvalue weighted by Crippen LogP contribution is 2.06. The van der Waals surface area contributed by atoms with Crippen LogP contribution in [-0.2, 0) is 11.3 Å². The predicted octanol–water partition coefficient (Wildman–Crippen LogP) is 1.13. The van der Waals surface area contributed by atoms with E-state index in [-0.39, 0.29) is 11.7 Å². The van der Waals surface area contributed by atoms with Gasteiger partial charge in [-0.25, -0.2) is 4.39 Å². The van der Waals surface area contributed by atoms with Crippen molar-refractivity contribution in [3.05, 3.63) is 35.6 Å². The van der Waals surface area contributed by atoms with Gasteiger partial charge >= 0.3 is 0 Å². The molecule has 0 bridgehead atoms. The average Bonchev–Trinajstić information content (AvgIpc) is 2.20. The maximum atomic E-state index is 12.6. The molecule has 15 heavy (non-hydrogen) atoms. The zero-order valence-electron chi connectivity index (χ0n) is 8.74. The second kappa shape index (κ2) is 5.46. The molecule has 0 aliphatic rings. The molecule has 0 aliphatic heterocycles. The minimum absolute atomic E-state index is 0.0234. The largest absolute Gasteiger partial charge is 0.337 e. The summed E-state index contributed by atoms with van der Waals surface area (Å²) in [7, 11) is 0. The van der Waals surface area contributed by atoms with Crippen molar-refractivity contribution in [3.63, 3.8) is 0 Å². The Balaban J connectivity index is 2.65. The highest BCUT2D eigenvalue weighted by Gasteiger charge is 2.07. The third-order valence-corrected chi connectivity index (χ3v) is 2.13. The monoisotopic (exact) mass is 210 g/mol. The van der Waals surface area contributed by atoms with Crippen molar-refractivity contribution in [3.8, 4) is 0 Å². The number of carbonyl (C=O) groups is 1. The summed E-state index contributed by atoms with van der Waals surface area (Å²) in [6, 6.07) is 6.11. The fourth-order valence-corrected chi connectivity index (χ4v) is 1.31. The van der Waals surface area contributed by atoms with Gasteiger partial charge in [-0.05, 0) is 17.7 Å². The van der Waals surface area contributed by atoms with E-state index >= 15 is 0 Å². The molecule has 0 spiro atoms. The van der Waals surface area contributed by atoms with Crippen LogP contribution in [0, 0.1) is 5.82 Å². The maximum absolute atomic E-state index is 12.6. The molecule has 0 atom stereocenters. The van der Waals surface area contributed by atoms with Crippen molar-refractivity contribution in [1.29, 1.82) is 0 Å². The fraction of sp³-hybridized carbons (Fsp3) is 0.364. The Bertz CT molecular complexity index is 324. The number of benzene rings is 1. The quantitative estimate of drug-likeness (QED) is 0.809. The van der Waals surface area contributed by atoms with E-state index in [1.165, 1.54) is 19.1 Å². The van der Waals surface area contributed by atoms with Gasteiger partial charge in [0.25, 0.3) is 0 Å². The SMILES string of the molecule is CC(=O)N(CCN)Cc1ccc(F)cc1. The molecule has 0 aromatic heterocycles. The molecule has 1 aromatic carbocycles. The van der Waals surface area contributed by atoms with Crippen LogP contribution in [0.25, 0.3) is 0 Å². The van der Waals surface area contributed by atoms with Crippen LogP contribution in [-0.4, -0.2) is 23.9 Å². The summed E-state index contributed by atoms with van der Waals surface area (Å²) in [5.74, 6) is -0.295. The van der Waals surface area contributed by atoms with E-state index < -0.39 is 0 Å². The van der Waals surface area contributed by atoms with Gasteiger partial charge in [0.15, 0.2) is 0 Å². The smallest absolute Gasteiger partial charge is 0.219 e. The van der Waals surface area contributed by atoms with Crippen LogP contribution in [0.2, 0.25) is 0 Å². The number of carbonyl (C=O) groups excluding carboxylic acids is 1. The van der Waals surface area contributed by atoms with E-state index in [9.17, 15) is 9.18 Å². The van der Waals surface area contributed by atoms with Gasteiger partial charge in [-0.3, -0.25) is 4.79 Å². The van der Waals surface area contributed by atoms with Crippen LogP contribution in [0.3, 0.4) is 0 Å². The zero-order valence-corrected chi connectivity index (χ0v) is 8.74. The highest BCUT2D eigenvalue weighted by atomic mass is 19.1. The Morgan fingerprint density at radius 3 is 2.47 bits per heavy atom. The van der Waals surface area contributed by atoms with Crippen molar-refractivity contribution in [2.75, 3.05) is 13.1 Å². The Hall–Kier alpha value is -1.42. The molecule has 0 saturated carbocycles. The predicted molar refractivity (Wildman–Crippen MR) is 56.5 cm³/mol. The fourth-order valence-electron chi connectivity index (χ4n) is 1.31. The van der Waals surface area contributed by atoms with Crippen LogP contribution in [0.1, 0.15) is 12.5 Å². The molecule has 3 nitrogen and oxygen atoms in total. The van der Waals surface area contributed by atoms with E-state index in [0.29, 0.717) is 19.6 Å². The van der Waals surface area contributed by atoms with Gasteiger partial charge in [-0.15, -0.1) is 0 Å². The molecule has 0 heterocycles. The van der Waals surface area contributed by atoms with Gasteiger partial charge in [-0.2, -0.15) is 0 Å². The number of nitrogens with two attached hydrogens (primary N) is 1. The van der Waals surface area contributed by atoms with Crippen molar-refractivity contribution >= 4 is 5.91 Å². The van der Waals surface area contributed by atoms with Crippen LogP contribution >= 0.6 is 0 Å². The number of amides is 1. The van der Waals surface area contributed by atoms with Gasteiger partial charge in [-0.1, -0.05) is 12.1 Å². The summed E-state index contributed by atoms with van der Waals surface area (Å²) < 4.78 is 12.6. The lowest BCUT2D eigenvalue weighted by atomic mass is 10.2. The maximum Gasteiger partial charge on any atom is 0.219 e. The molecule has 0 aliphatic carbocycles. The summed E-state index contributed by atoms with van der Waals surface area (Å²) in [4.78, 5) is 12.8. The molecule has 2 N–H and O–H groups in total. The van der Waals surface area contributed by atoms with Crippen molar-refractivity contribution in [1.82, 2.24) is 4.90 Å². The summed E-state index contributed by atoms with van der Waals surface area (Å²) in [5.41, 5.74) is 6.29. The number of hydrogen-bond acceptors (Lipinski definition) is 2. The number of nitrogens with zero attached hydrogens (tertiary/aromatic N) is 1. The Kier molecular flexibility index (Phi) is 4.24. The van der Waals surface area contributed by atoms with Crippen molar-refractivity contribution < 1.29 is 9.18 Å². The van der Waals surface area contributed by atoms with E-state index in [4.69, 9.17) is 5.73 Å². The lowest BCUT2D eigenvalue weighted by Gasteiger charge is -2.20. The molecule has 0 saturated heterocycles. The van der Waals surface area contributed by atoms with Gasteiger partial charge < -0.3 is 10.6 Å². The molecule has 1 rings (SSSR count). The molecule has 0 radical (unpaired) electrons. The normalized spacial score (nSPS) is 10.1. The van der Waals surface area contributed by atoms with E-state index in [2.05, 4.69) is 0 Å². The molecule has 82 valence electrons. The minimum atomic E-state index is -0.271. The summed E-state index contributed by atoms with van der Waals surface area (Å²) in [5, 5.41) is 0. The zero-order chi connectivity index (χ0) is 11.3. The minimum Gasteiger partial charge on any atom is -0.337 e. The Morgan fingerprint density at radius 2 is 2.00 bits per heavy atom. The average molecular weight is 210 g/mol. The van der Waals surface area contributed by atoms with Crippen LogP contribution in [0.5, 0.6) is 0 Å². The molecule has 0 unspecified atom stereocenters. The summed E-state index contributed by atoms with van der Waals surface area (Å²) in [6.07, 6.45) is 0. The number of halogens is 1. The third kappa shape index (κ3) is 3.67. The van der Waals surface area contributed by atoms with Gasteiger partial charge in [0.2, 0.25) is 5.91 Å². The highest BCUT2D eigenvalue weighted by molar-refractivity contribution is 5.73. The second-order valence-corrected chi connectivity index (χ2v) is 3.36. The van der Waals surface area contributed by atoms with Gasteiger partial charge in [0.05, 0.1) is 0 Å². The van der Waals surface area contributed by atoms with Crippen molar-refractivity contribution in [2.45, 2.75) is 13.5 Å². The van der Waals surface area contributed by atoms with E-state index in [0.717, 1.165) is 5.56 Å². The van der Waals surface area contributed by atoms with Gasteiger partial charge in [0.1, 0.15) is 5.82 Å². The Labute approximate surface area is 88.7 Å². The van der Waals surface area contributed by atoms with Crippen LogP contribution in [0.4, 0.5) is 4.39 Å². The standard InChI is InChI=1S/C11H15FN2O/c1-9(15)14(7-6-13)8-10-2-4-11(12)5-3-10/h2-5H,6-8,13H2,1H3. The van der Waals surface area contributed by atoms with Crippen LogP contribution < -0.4 is 5.73 Å².